The van der Waals surface area contributed by atoms with Crippen LogP contribution in [0.4, 0.5) is 10.5 Å². The van der Waals surface area contributed by atoms with Crippen LogP contribution in [0.3, 0.4) is 0 Å². The number of benzene rings is 2. The number of halogens is 1. The van der Waals surface area contributed by atoms with E-state index in [1.165, 1.54) is 12.0 Å². The minimum absolute atomic E-state index is 0.0238. The van der Waals surface area contributed by atoms with Crippen molar-refractivity contribution in [2.45, 2.75) is 59.6 Å². The maximum absolute atomic E-state index is 14.0. The van der Waals surface area contributed by atoms with Crippen LogP contribution in [0.1, 0.15) is 82.4 Å². The number of rotatable bonds is 6. The molecule has 4 aromatic rings. The summed E-state index contributed by atoms with van der Waals surface area (Å²) in [6, 6.07) is 12.5. The highest BCUT2D eigenvalue weighted by atomic mass is 35.5. The van der Waals surface area contributed by atoms with E-state index in [0.717, 1.165) is 38.9 Å². The van der Waals surface area contributed by atoms with Gasteiger partial charge >= 0.3 is 12.1 Å². The number of thiophene rings is 1. The predicted octanol–water partition coefficient (Wildman–Crippen LogP) is 6.20. The van der Waals surface area contributed by atoms with Crippen LogP contribution in [-0.2, 0) is 14.3 Å². The van der Waals surface area contributed by atoms with Gasteiger partial charge in [-0.25, -0.2) is 9.59 Å². The van der Waals surface area contributed by atoms with E-state index in [0.29, 0.717) is 48.2 Å². The molecule has 6 rings (SSSR count). The van der Waals surface area contributed by atoms with Crippen LogP contribution in [-0.4, -0.2) is 88.8 Å². The maximum atomic E-state index is 14.0. The van der Waals surface area contributed by atoms with E-state index in [4.69, 9.17) is 26.1 Å². The van der Waals surface area contributed by atoms with E-state index in [1.54, 1.807) is 38.2 Å². The molecule has 53 heavy (non-hydrogen) atoms. The number of carbonyl (C=O) groups excluding carboxylic acids is 3. The molecule has 0 unspecified atom stereocenters. The molecule has 2 aromatic carbocycles. The number of esters is 1. The number of hydrogen-bond donors (Lipinski definition) is 1. The summed E-state index contributed by atoms with van der Waals surface area (Å²) in [4.78, 5) is 49.0. The summed E-state index contributed by atoms with van der Waals surface area (Å²) >= 11 is 7.93. The van der Waals surface area contributed by atoms with Crippen LogP contribution in [0.25, 0.3) is 5.00 Å². The number of nitrogens with zero attached hydrogens (tertiary/aromatic N) is 6. The lowest BCUT2D eigenvalue weighted by molar-refractivity contribution is -0.131. The molecule has 0 bridgehead atoms. The number of hydrogen-bond acceptors (Lipinski definition) is 10. The van der Waals surface area contributed by atoms with E-state index < -0.39 is 23.7 Å². The number of amides is 2. The summed E-state index contributed by atoms with van der Waals surface area (Å²) in [6.45, 7) is 13.6. The van der Waals surface area contributed by atoms with Crippen LogP contribution >= 0.6 is 22.9 Å². The Bertz CT molecular complexity index is 2150. The van der Waals surface area contributed by atoms with Gasteiger partial charge < -0.3 is 24.6 Å². The van der Waals surface area contributed by atoms with Gasteiger partial charge in [0.25, 0.3) is 0 Å². The molecule has 0 aliphatic carbocycles. The number of methoxy groups -OCH3 is 1. The molecule has 0 saturated carbocycles. The van der Waals surface area contributed by atoms with Gasteiger partial charge in [0.2, 0.25) is 5.91 Å². The highest BCUT2D eigenvalue weighted by molar-refractivity contribution is 7.15. The fourth-order valence-electron chi connectivity index (χ4n) is 6.33. The molecule has 1 atom stereocenters. The molecular formula is C39H42ClN7O5S. The molecule has 14 heteroatoms. The quantitative estimate of drug-likeness (QED) is 0.182. The standard InChI is InChI=1S/C39H42ClN7O5S/c1-23-24(2)53-36-33(23)34(26-10-12-28(40)13-11-26)42-31(35-44-43-25(3)47(35)36)22-32(48)46-19-17-45(18-20-46)29-14-15-30(37(49)51-7)27(21-29)9-8-16-41-38(50)52-39(4,5)6/h10-15,21,31H,16-20,22H2,1-7H3,(H,41,50)/t31-/m0/s1. The normalized spacial score (nSPS) is 15.3. The van der Waals surface area contributed by atoms with Gasteiger partial charge in [-0.3, -0.25) is 14.4 Å². The first kappa shape index (κ1) is 37.6. The van der Waals surface area contributed by atoms with Crippen molar-refractivity contribution in [2.75, 3.05) is 44.7 Å². The summed E-state index contributed by atoms with van der Waals surface area (Å²) < 4.78 is 12.3. The van der Waals surface area contributed by atoms with Gasteiger partial charge in [-0.05, 0) is 77.4 Å². The second-order valence-electron chi connectivity index (χ2n) is 13.9. The zero-order valence-electron chi connectivity index (χ0n) is 30.9. The van der Waals surface area contributed by atoms with Gasteiger partial charge in [0.15, 0.2) is 5.82 Å². The van der Waals surface area contributed by atoms with Crippen LogP contribution < -0.4 is 10.2 Å². The van der Waals surface area contributed by atoms with Crippen molar-refractivity contribution >= 4 is 52.3 Å². The second-order valence-corrected chi connectivity index (χ2v) is 15.5. The van der Waals surface area contributed by atoms with Crippen molar-refractivity contribution in [1.82, 2.24) is 25.0 Å². The zero-order valence-corrected chi connectivity index (χ0v) is 32.4. The lowest BCUT2D eigenvalue weighted by Gasteiger charge is -2.36. The summed E-state index contributed by atoms with van der Waals surface area (Å²) in [7, 11) is 1.32. The third-order valence-electron chi connectivity index (χ3n) is 9.07. The topological polar surface area (TPSA) is 131 Å². The number of alkyl carbamates (subject to hydrolysis) is 1. The van der Waals surface area contributed by atoms with Crippen molar-refractivity contribution < 1.29 is 23.9 Å². The summed E-state index contributed by atoms with van der Waals surface area (Å²) in [5.74, 6) is 6.74. The van der Waals surface area contributed by atoms with Crippen LogP contribution in [0.2, 0.25) is 5.02 Å². The number of aromatic nitrogens is 3. The average Bonchev–Trinajstić information content (AvgIpc) is 3.60. The number of fused-ring (bicyclic) bond motifs is 3. The minimum atomic E-state index is -0.629. The predicted molar refractivity (Wildman–Crippen MR) is 206 cm³/mol. The first-order chi connectivity index (χ1) is 25.2. The molecule has 1 saturated heterocycles. The number of piperazine rings is 1. The van der Waals surface area contributed by atoms with Crippen molar-refractivity contribution in [3.8, 4) is 16.8 Å². The highest BCUT2D eigenvalue weighted by Gasteiger charge is 2.34. The molecule has 2 amide bonds. The molecule has 4 heterocycles. The Morgan fingerprint density at radius 3 is 2.42 bits per heavy atom. The average molecular weight is 756 g/mol. The lowest BCUT2D eigenvalue weighted by atomic mass is 9.99. The Morgan fingerprint density at radius 2 is 1.74 bits per heavy atom. The monoisotopic (exact) mass is 755 g/mol. The Labute approximate surface area is 318 Å². The number of nitrogens with one attached hydrogen (secondary N) is 1. The van der Waals surface area contributed by atoms with Crippen molar-refractivity contribution in [3.63, 3.8) is 0 Å². The van der Waals surface area contributed by atoms with Crippen LogP contribution in [0.5, 0.6) is 0 Å². The third kappa shape index (κ3) is 8.24. The van der Waals surface area contributed by atoms with E-state index >= 15 is 0 Å². The molecule has 12 nitrogen and oxygen atoms in total. The highest BCUT2D eigenvalue weighted by Crippen LogP contribution is 2.40. The molecule has 276 valence electrons. The number of carbonyl (C=O) groups is 3. The smallest absolute Gasteiger partial charge is 0.408 e. The summed E-state index contributed by atoms with van der Waals surface area (Å²) in [5.41, 5.74) is 4.89. The zero-order chi connectivity index (χ0) is 38.0. The van der Waals surface area contributed by atoms with Crippen LogP contribution in [0, 0.1) is 32.6 Å². The fraction of sp³-hybridized carbons (Fsp3) is 0.385. The van der Waals surface area contributed by atoms with E-state index in [-0.39, 0.29) is 18.9 Å². The van der Waals surface area contributed by atoms with Crippen molar-refractivity contribution in [3.05, 3.63) is 91.8 Å². The number of aryl methyl sites for hydroxylation is 2. The first-order valence-electron chi connectivity index (χ1n) is 17.3. The molecule has 1 N–H and O–H groups in total. The SMILES string of the molecule is COC(=O)c1ccc(N2CCN(C(=O)C[C@@H]3N=C(c4ccc(Cl)cc4)c4c(sc(C)c4C)-n4c(C)nnc43)CC2)cc1C#CCNC(=O)OC(C)(C)C. The van der Waals surface area contributed by atoms with Gasteiger partial charge in [0.1, 0.15) is 22.5 Å². The lowest BCUT2D eigenvalue weighted by Crippen LogP contribution is -2.49. The van der Waals surface area contributed by atoms with Gasteiger partial charge in [0.05, 0.1) is 31.4 Å². The van der Waals surface area contributed by atoms with E-state index in [9.17, 15) is 14.4 Å². The number of aliphatic imine (C=N–C) groups is 1. The van der Waals surface area contributed by atoms with Gasteiger partial charge in [-0.2, -0.15) is 0 Å². The van der Waals surface area contributed by atoms with Gasteiger partial charge in [-0.1, -0.05) is 35.6 Å². The minimum Gasteiger partial charge on any atom is -0.465 e. The maximum Gasteiger partial charge on any atom is 0.408 e. The molecule has 2 aliphatic rings. The number of anilines is 1. The Balaban J connectivity index is 1.19. The van der Waals surface area contributed by atoms with Crippen molar-refractivity contribution in [2.24, 2.45) is 4.99 Å². The molecule has 0 spiro atoms. The first-order valence-corrected chi connectivity index (χ1v) is 18.5. The molecule has 2 aromatic heterocycles. The fourth-order valence-corrected chi connectivity index (χ4v) is 7.67. The second kappa shape index (κ2) is 15.4. The van der Waals surface area contributed by atoms with E-state index in [1.807, 2.05) is 52.8 Å². The molecular weight excluding hydrogens is 714 g/mol. The summed E-state index contributed by atoms with van der Waals surface area (Å²) in [5, 5.41) is 13.2. The van der Waals surface area contributed by atoms with E-state index in [2.05, 4.69) is 46.1 Å². The number of ether oxygens (including phenoxy) is 2. The van der Waals surface area contributed by atoms with Gasteiger partial charge in [-0.15, -0.1) is 21.5 Å². The third-order valence-corrected chi connectivity index (χ3v) is 10.5. The Kier molecular flexibility index (Phi) is 10.9. The largest absolute Gasteiger partial charge is 0.465 e. The Morgan fingerprint density at radius 1 is 1.02 bits per heavy atom. The molecule has 1 fully saturated rings. The summed E-state index contributed by atoms with van der Waals surface area (Å²) in [6.07, 6.45) is -0.444. The van der Waals surface area contributed by atoms with Crippen LogP contribution in [0.15, 0.2) is 47.5 Å². The molecule has 2 aliphatic heterocycles. The van der Waals surface area contributed by atoms with Crippen molar-refractivity contribution in [1.29, 1.82) is 0 Å². The Hall–Kier alpha value is -5.19. The van der Waals surface area contributed by atoms with Gasteiger partial charge in [0, 0.05) is 58.5 Å². The molecule has 0 radical (unpaired) electrons.